The molecule has 0 spiro atoms. The van der Waals surface area contributed by atoms with Crippen molar-refractivity contribution in [3.8, 4) is 0 Å². The molecule has 40 heavy (non-hydrogen) atoms. The first-order valence-electron chi connectivity index (χ1n) is 15.6. The minimum Gasteiger partial charge on any atom is -0.463 e. The number of ether oxygens (including phenoxy) is 9. The molecule has 10 heteroatoms. The third-order valence-corrected chi connectivity index (χ3v) is 5.72. The molecule has 0 unspecified atom stereocenters. The Morgan fingerprint density at radius 1 is 0.350 bits per heavy atom. The summed E-state index contributed by atoms with van der Waals surface area (Å²) in [6.45, 7) is 13.3. The number of rotatable bonds is 35. The average molecular weight is 581 g/mol. The first-order valence-corrected chi connectivity index (χ1v) is 15.6. The maximum Gasteiger partial charge on any atom is 0.305 e. The highest BCUT2D eigenvalue weighted by atomic mass is 16.6. The SMILES string of the molecule is CCCCCCCOCCOCCOCCOCCOCCOCCOCCOCCOC(=O)CCCCCC. The van der Waals surface area contributed by atoms with Crippen molar-refractivity contribution in [1.29, 1.82) is 0 Å². The molecule has 0 radical (unpaired) electrons. The molecular weight excluding hydrogens is 520 g/mol. The van der Waals surface area contributed by atoms with Gasteiger partial charge in [-0.1, -0.05) is 58.8 Å². The van der Waals surface area contributed by atoms with Crippen molar-refractivity contribution in [3.05, 3.63) is 0 Å². The van der Waals surface area contributed by atoms with E-state index in [1.807, 2.05) is 0 Å². The lowest BCUT2D eigenvalue weighted by molar-refractivity contribution is -0.145. The van der Waals surface area contributed by atoms with Crippen molar-refractivity contribution >= 4 is 5.97 Å². The minimum atomic E-state index is -0.146. The number of carbonyl (C=O) groups excluding carboxylic acids is 1. The lowest BCUT2D eigenvalue weighted by Crippen LogP contribution is -2.15. The van der Waals surface area contributed by atoms with Crippen LogP contribution in [0.15, 0.2) is 0 Å². The van der Waals surface area contributed by atoms with Crippen molar-refractivity contribution in [2.75, 3.05) is 112 Å². The lowest BCUT2D eigenvalue weighted by atomic mass is 10.2. The Morgan fingerprint density at radius 3 is 1.02 bits per heavy atom. The average Bonchev–Trinajstić information content (AvgIpc) is 2.96. The van der Waals surface area contributed by atoms with E-state index in [4.69, 9.17) is 42.6 Å². The van der Waals surface area contributed by atoms with E-state index in [1.54, 1.807) is 0 Å². The summed E-state index contributed by atoms with van der Waals surface area (Å²) in [5, 5.41) is 0. The van der Waals surface area contributed by atoms with Crippen LogP contribution in [-0.4, -0.2) is 118 Å². The molecule has 0 bridgehead atoms. The molecule has 240 valence electrons. The Hall–Kier alpha value is -0.850. The maximum atomic E-state index is 11.5. The van der Waals surface area contributed by atoms with Crippen molar-refractivity contribution in [3.63, 3.8) is 0 Å². The molecule has 0 aromatic rings. The van der Waals surface area contributed by atoms with Gasteiger partial charge in [0.15, 0.2) is 0 Å². The smallest absolute Gasteiger partial charge is 0.305 e. The molecule has 0 aliphatic carbocycles. The third-order valence-electron chi connectivity index (χ3n) is 5.72. The molecule has 0 aliphatic heterocycles. The topological polar surface area (TPSA) is 100 Å². The van der Waals surface area contributed by atoms with Gasteiger partial charge < -0.3 is 42.6 Å². The first-order chi connectivity index (χ1) is 19.8. The lowest BCUT2D eigenvalue weighted by Gasteiger charge is -2.09. The highest BCUT2D eigenvalue weighted by Gasteiger charge is 2.02. The van der Waals surface area contributed by atoms with Gasteiger partial charge >= 0.3 is 5.97 Å². The molecule has 0 aromatic carbocycles. The van der Waals surface area contributed by atoms with E-state index in [9.17, 15) is 4.79 Å². The molecule has 0 atom stereocenters. The van der Waals surface area contributed by atoms with E-state index < -0.39 is 0 Å². The van der Waals surface area contributed by atoms with E-state index in [-0.39, 0.29) is 5.97 Å². The summed E-state index contributed by atoms with van der Waals surface area (Å²) in [5.41, 5.74) is 0. The van der Waals surface area contributed by atoms with Crippen LogP contribution in [0.25, 0.3) is 0 Å². The first kappa shape index (κ1) is 39.1. The summed E-state index contributed by atoms with van der Waals surface area (Å²) < 4.78 is 48.9. The molecule has 0 saturated carbocycles. The van der Waals surface area contributed by atoms with Crippen LogP contribution < -0.4 is 0 Å². The van der Waals surface area contributed by atoms with Gasteiger partial charge in [-0.15, -0.1) is 0 Å². The zero-order valence-corrected chi connectivity index (χ0v) is 25.7. The van der Waals surface area contributed by atoms with E-state index >= 15 is 0 Å². The molecule has 0 aromatic heterocycles. The van der Waals surface area contributed by atoms with Crippen molar-refractivity contribution in [1.82, 2.24) is 0 Å². The Kier molecular flexibility index (Phi) is 35.4. The molecule has 0 rings (SSSR count). The van der Waals surface area contributed by atoms with Crippen molar-refractivity contribution < 1.29 is 47.4 Å². The molecule has 10 nitrogen and oxygen atoms in total. The molecule has 0 fully saturated rings. The standard InChI is InChI=1S/C30H60O10/c1-3-5-7-9-11-13-32-14-15-33-16-17-34-18-19-35-20-21-36-22-23-37-24-25-38-26-27-39-28-29-40-30(31)12-10-8-6-4-2/h3-29H2,1-2H3. The molecule has 0 amide bonds. The highest BCUT2D eigenvalue weighted by Crippen LogP contribution is 2.03. The highest BCUT2D eigenvalue weighted by molar-refractivity contribution is 5.69. The van der Waals surface area contributed by atoms with Crippen LogP contribution in [0.5, 0.6) is 0 Å². The van der Waals surface area contributed by atoms with Crippen LogP contribution in [0.2, 0.25) is 0 Å². The monoisotopic (exact) mass is 580 g/mol. The summed E-state index contributed by atoms with van der Waals surface area (Å²) in [6, 6.07) is 0. The van der Waals surface area contributed by atoms with Crippen LogP contribution >= 0.6 is 0 Å². The third kappa shape index (κ3) is 35.2. The summed E-state index contributed by atoms with van der Waals surface area (Å²) >= 11 is 0. The van der Waals surface area contributed by atoms with Gasteiger partial charge in [0.25, 0.3) is 0 Å². The molecular formula is C30H60O10. The fourth-order valence-corrected chi connectivity index (χ4v) is 3.43. The Morgan fingerprint density at radius 2 is 0.650 bits per heavy atom. The van der Waals surface area contributed by atoms with Gasteiger partial charge in [0, 0.05) is 13.0 Å². The summed E-state index contributed by atoms with van der Waals surface area (Å²) in [5.74, 6) is -0.146. The number of carbonyl (C=O) groups is 1. The summed E-state index contributed by atoms with van der Waals surface area (Å²) in [7, 11) is 0. The zero-order valence-electron chi connectivity index (χ0n) is 25.7. The number of hydrogen-bond acceptors (Lipinski definition) is 10. The predicted molar refractivity (Wildman–Crippen MR) is 155 cm³/mol. The molecule has 0 aliphatic rings. The Labute approximate surface area is 244 Å². The van der Waals surface area contributed by atoms with Gasteiger partial charge in [0.05, 0.1) is 99.1 Å². The Balaban J connectivity index is 3.07. The van der Waals surface area contributed by atoms with Crippen LogP contribution in [0.4, 0.5) is 0 Å². The minimum absolute atomic E-state index is 0.146. The van der Waals surface area contributed by atoms with Crippen molar-refractivity contribution in [2.45, 2.75) is 78.1 Å². The van der Waals surface area contributed by atoms with Gasteiger partial charge in [0.2, 0.25) is 0 Å². The second kappa shape index (κ2) is 36.2. The van der Waals surface area contributed by atoms with E-state index in [0.717, 1.165) is 38.7 Å². The largest absolute Gasteiger partial charge is 0.463 e. The molecule has 0 N–H and O–H groups in total. The summed E-state index contributed by atoms with van der Waals surface area (Å²) in [6.07, 6.45) is 11.1. The van der Waals surface area contributed by atoms with E-state index in [1.165, 1.54) is 25.7 Å². The van der Waals surface area contributed by atoms with Gasteiger partial charge in [-0.05, 0) is 12.8 Å². The zero-order chi connectivity index (χ0) is 29.0. The van der Waals surface area contributed by atoms with Gasteiger partial charge in [-0.2, -0.15) is 0 Å². The van der Waals surface area contributed by atoms with Crippen molar-refractivity contribution in [2.24, 2.45) is 0 Å². The van der Waals surface area contributed by atoms with E-state index in [0.29, 0.717) is 112 Å². The Bertz CT molecular complexity index is 481. The fourth-order valence-electron chi connectivity index (χ4n) is 3.43. The second-order valence-electron chi connectivity index (χ2n) is 9.34. The second-order valence-corrected chi connectivity index (χ2v) is 9.34. The van der Waals surface area contributed by atoms with Gasteiger partial charge in [-0.3, -0.25) is 4.79 Å². The van der Waals surface area contributed by atoms with Crippen LogP contribution in [-0.2, 0) is 47.4 Å². The number of unbranched alkanes of at least 4 members (excludes halogenated alkanes) is 7. The quantitative estimate of drug-likeness (QED) is 0.0781. The summed E-state index contributed by atoms with van der Waals surface area (Å²) in [4.78, 5) is 11.5. The van der Waals surface area contributed by atoms with E-state index in [2.05, 4.69) is 13.8 Å². The number of esters is 1. The predicted octanol–water partition coefficient (Wildman–Crippen LogP) is 4.60. The van der Waals surface area contributed by atoms with Gasteiger partial charge in [-0.25, -0.2) is 0 Å². The molecule has 0 heterocycles. The van der Waals surface area contributed by atoms with Crippen LogP contribution in [0.3, 0.4) is 0 Å². The van der Waals surface area contributed by atoms with Gasteiger partial charge in [0.1, 0.15) is 6.61 Å². The van der Waals surface area contributed by atoms with Crippen LogP contribution in [0.1, 0.15) is 78.1 Å². The van der Waals surface area contributed by atoms with Crippen LogP contribution in [0, 0.1) is 0 Å². The molecule has 0 saturated heterocycles. The fraction of sp³-hybridized carbons (Fsp3) is 0.967. The maximum absolute atomic E-state index is 11.5. The normalized spacial score (nSPS) is 11.3. The number of hydrogen-bond donors (Lipinski definition) is 0.